The van der Waals surface area contributed by atoms with Gasteiger partial charge < -0.3 is 10.2 Å². The van der Waals surface area contributed by atoms with Crippen molar-refractivity contribution in [1.29, 1.82) is 0 Å². The van der Waals surface area contributed by atoms with E-state index in [0.29, 0.717) is 17.8 Å². The summed E-state index contributed by atoms with van der Waals surface area (Å²) in [6, 6.07) is 3.97. The second-order valence-electron chi connectivity index (χ2n) is 4.75. The molecule has 1 aliphatic rings. The standard InChI is InChI=1S/C13H16N4O4/c1-3-14-11-5-4-10(17(20)21)6-9(11)7-16-12(18)8-15(2)13(16)19/h4-6,14H,3,7-8H2,1-2H3. The second-order valence-corrected chi connectivity index (χ2v) is 4.75. The molecule has 21 heavy (non-hydrogen) atoms. The highest BCUT2D eigenvalue weighted by molar-refractivity contribution is 6.01. The average Bonchev–Trinajstić information content (AvgIpc) is 2.67. The number of amides is 3. The van der Waals surface area contributed by atoms with Crippen molar-refractivity contribution >= 4 is 23.3 Å². The molecule has 0 atom stereocenters. The van der Waals surface area contributed by atoms with Crippen molar-refractivity contribution in [3.8, 4) is 0 Å². The van der Waals surface area contributed by atoms with Crippen LogP contribution in [-0.2, 0) is 11.3 Å². The number of nitrogens with one attached hydrogen (secondary N) is 1. The van der Waals surface area contributed by atoms with Crippen LogP contribution in [0, 0.1) is 10.1 Å². The number of carbonyl (C=O) groups excluding carboxylic acids is 2. The number of likely N-dealkylation sites (N-methyl/N-ethyl adjacent to an activating group) is 1. The first-order valence-corrected chi connectivity index (χ1v) is 6.50. The van der Waals surface area contributed by atoms with Crippen molar-refractivity contribution in [2.24, 2.45) is 0 Å². The van der Waals surface area contributed by atoms with E-state index in [1.807, 2.05) is 6.92 Å². The van der Waals surface area contributed by atoms with Gasteiger partial charge in [0.1, 0.15) is 6.54 Å². The minimum absolute atomic E-state index is 0.0199. The maximum absolute atomic E-state index is 11.9. The first kappa shape index (κ1) is 14.8. The van der Waals surface area contributed by atoms with Crippen LogP contribution >= 0.6 is 0 Å². The lowest BCUT2D eigenvalue weighted by atomic mass is 10.1. The molecule has 112 valence electrons. The van der Waals surface area contributed by atoms with Crippen LogP contribution in [0.3, 0.4) is 0 Å². The summed E-state index contributed by atoms with van der Waals surface area (Å²) in [5, 5.41) is 13.9. The Morgan fingerprint density at radius 2 is 2.10 bits per heavy atom. The summed E-state index contributed by atoms with van der Waals surface area (Å²) < 4.78 is 0. The first-order valence-electron chi connectivity index (χ1n) is 6.50. The summed E-state index contributed by atoms with van der Waals surface area (Å²) in [5.74, 6) is -0.309. The number of benzene rings is 1. The number of nitro groups is 1. The van der Waals surface area contributed by atoms with Gasteiger partial charge in [0.05, 0.1) is 11.5 Å². The molecule has 1 fully saturated rings. The molecule has 0 bridgehead atoms. The van der Waals surface area contributed by atoms with Gasteiger partial charge in [-0.25, -0.2) is 4.79 Å². The predicted octanol–water partition coefficient (Wildman–Crippen LogP) is 1.42. The number of anilines is 1. The molecule has 0 radical (unpaired) electrons. The number of rotatable bonds is 5. The first-order chi connectivity index (χ1) is 9.93. The van der Waals surface area contributed by atoms with Crippen LogP contribution in [0.1, 0.15) is 12.5 Å². The summed E-state index contributed by atoms with van der Waals surface area (Å²) in [4.78, 5) is 36.5. The zero-order valence-electron chi connectivity index (χ0n) is 11.8. The molecular formula is C13H16N4O4. The molecule has 2 rings (SSSR count). The number of nitro benzene ring substituents is 1. The van der Waals surface area contributed by atoms with E-state index in [2.05, 4.69) is 5.32 Å². The van der Waals surface area contributed by atoms with Crippen molar-refractivity contribution < 1.29 is 14.5 Å². The van der Waals surface area contributed by atoms with Gasteiger partial charge in [-0.1, -0.05) is 0 Å². The van der Waals surface area contributed by atoms with Gasteiger partial charge in [-0.2, -0.15) is 0 Å². The number of hydrogen-bond acceptors (Lipinski definition) is 5. The number of carbonyl (C=O) groups is 2. The van der Waals surface area contributed by atoms with Gasteiger partial charge in [-0.15, -0.1) is 0 Å². The molecule has 0 saturated carbocycles. The van der Waals surface area contributed by atoms with E-state index in [1.54, 1.807) is 13.1 Å². The lowest BCUT2D eigenvalue weighted by molar-refractivity contribution is -0.384. The highest BCUT2D eigenvalue weighted by atomic mass is 16.6. The van der Waals surface area contributed by atoms with E-state index in [0.717, 1.165) is 4.90 Å². The maximum Gasteiger partial charge on any atom is 0.327 e. The van der Waals surface area contributed by atoms with E-state index in [1.165, 1.54) is 17.0 Å². The number of imide groups is 1. The van der Waals surface area contributed by atoms with Crippen molar-refractivity contribution in [3.63, 3.8) is 0 Å². The van der Waals surface area contributed by atoms with E-state index >= 15 is 0 Å². The third-order valence-electron chi connectivity index (χ3n) is 3.23. The lowest BCUT2D eigenvalue weighted by Gasteiger charge is -2.17. The molecule has 8 heteroatoms. The van der Waals surface area contributed by atoms with Gasteiger partial charge in [-0.05, 0) is 13.0 Å². The molecule has 3 amide bonds. The van der Waals surface area contributed by atoms with Gasteiger partial charge in [0.25, 0.3) is 11.6 Å². The molecule has 0 spiro atoms. The molecule has 1 aromatic rings. The maximum atomic E-state index is 11.9. The fraction of sp³-hybridized carbons (Fsp3) is 0.385. The van der Waals surface area contributed by atoms with Crippen LogP contribution in [0.5, 0.6) is 0 Å². The molecule has 1 aromatic carbocycles. The van der Waals surface area contributed by atoms with Gasteiger partial charge in [-0.3, -0.25) is 19.8 Å². The Balaban J connectivity index is 2.32. The Morgan fingerprint density at radius 1 is 1.38 bits per heavy atom. The molecule has 0 aliphatic carbocycles. The summed E-state index contributed by atoms with van der Waals surface area (Å²) in [6.45, 7) is 2.58. The Labute approximate surface area is 121 Å². The highest BCUT2D eigenvalue weighted by Gasteiger charge is 2.34. The largest absolute Gasteiger partial charge is 0.385 e. The van der Waals surface area contributed by atoms with Crippen LogP contribution < -0.4 is 5.32 Å². The SMILES string of the molecule is CCNc1ccc([N+](=O)[O-])cc1CN1C(=O)CN(C)C1=O. The second kappa shape index (κ2) is 5.78. The zero-order valence-corrected chi connectivity index (χ0v) is 11.8. The lowest BCUT2D eigenvalue weighted by Crippen LogP contribution is -2.31. The third kappa shape index (κ3) is 2.93. The summed E-state index contributed by atoms with van der Waals surface area (Å²) in [5.41, 5.74) is 1.15. The molecule has 1 aliphatic heterocycles. The molecule has 1 saturated heterocycles. The Kier molecular flexibility index (Phi) is 4.06. The molecule has 1 heterocycles. The monoisotopic (exact) mass is 292 g/mol. The molecule has 8 nitrogen and oxygen atoms in total. The van der Waals surface area contributed by atoms with Crippen molar-refractivity contribution in [1.82, 2.24) is 9.80 Å². The summed E-state index contributed by atoms with van der Waals surface area (Å²) in [7, 11) is 1.54. The van der Waals surface area contributed by atoms with E-state index in [4.69, 9.17) is 0 Å². The fourth-order valence-corrected chi connectivity index (χ4v) is 2.18. The van der Waals surface area contributed by atoms with E-state index < -0.39 is 11.0 Å². The Bertz CT molecular complexity index is 602. The molecule has 0 unspecified atom stereocenters. The molecular weight excluding hydrogens is 276 g/mol. The van der Waals surface area contributed by atoms with Gasteiger partial charge in [0.2, 0.25) is 0 Å². The van der Waals surface area contributed by atoms with Gasteiger partial charge in [0, 0.05) is 37.0 Å². The summed E-state index contributed by atoms with van der Waals surface area (Å²) in [6.07, 6.45) is 0. The summed E-state index contributed by atoms with van der Waals surface area (Å²) >= 11 is 0. The predicted molar refractivity (Wildman–Crippen MR) is 75.8 cm³/mol. The van der Waals surface area contributed by atoms with Crippen LogP contribution in [0.15, 0.2) is 18.2 Å². The van der Waals surface area contributed by atoms with E-state index in [-0.39, 0.29) is 24.7 Å². The number of non-ortho nitro benzene ring substituents is 1. The van der Waals surface area contributed by atoms with Crippen molar-refractivity contribution in [3.05, 3.63) is 33.9 Å². The van der Waals surface area contributed by atoms with Crippen LogP contribution in [0.2, 0.25) is 0 Å². The van der Waals surface area contributed by atoms with Crippen LogP contribution in [-0.4, -0.2) is 46.8 Å². The molecule has 1 N–H and O–H groups in total. The Hall–Kier alpha value is -2.64. The van der Waals surface area contributed by atoms with Crippen molar-refractivity contribution in [2.75, 3.05) is 25.5 Å². The third-order valence-corrected chi connectivity index (χ3v) is 3.23. The normalized spacial score (nSPS) is 14.8. The molecule has 0 aromatic heterocycles. The van der Waals surface area contributed by atoms with Crippen molar-refractivity contribution in [2.45, 2.75) is 13.5 Å². The van der Waals surface area contributed by atoms with Gasteiger partial charge >= 0.3 is 6.03 Å². The van der Waals surface area contributed by atoms with Crippen LogP contribution in [0.25, 0.3) is 0 Å². The highest BCUT2D eigenvalue weighted by Crippen LogP contribution is 2.25. The fourth-order valence-electron chi connectivity index (χ4n) is 2.18. The minimum Gasteiger partial charge on any atom is -0.385 e. The topological polar surface area (TPSA) is 95.8 Å². The average molecular weight is 292 g/mol. The van der Waals surface area contributed by atoms with E-state index in [9.17, 15) is 19.7 Å². The number of hydrogen-bond donors (Lipinski definition) is 1. The smallest absolute Gasteiger partial charge is 0.327 e. The van der Waals surface area contributed by atoms with Crippen LogP contribution in [0.4, 0.5) is 16.2 Å². The number of nitrogens with zero attached hydrogens (tertiary/aromatic N) is 3. The Morgan fingerprint density at radius 3 is 2.62 bits per heavy atom. The van der Waals surface area contributed by atoms with Gasteiger partial charge in [0.15, 0.2) is 0 Å². The zero-order chi connectivity index (χ0) is 15.6. The minimum atomic E-state index is -0.501. The number of urea groups is 1. The quantitative estimate of drug-likeness (QED) is 0.503.